The quantitative estimate of drug-likeness (QED) is 0.863. The minimum Gasteiger partial charge on any atom is -0.451 e. The number of hydrogen-bond acceptors (Lipinski definition) is 3. The summed E-state index contributed by atoms with van der Waals surface area (Å²) in [6.45, 7) is 0.514. The summed E-state index contributed by atoms with van der Waals surface area (Å²) < 4.78 is 5.49. The number of furan rings is 1. The van der Waals surface area contributed by atoms with Gasteiger partial charge in [-0.1, -0.05) is 18.2 Å². The predicted molar refractivity (Wildman–Crippen MR) is 69.2 cm³/mol. The summed E-state index contributed by atoms with van der Waals surface area (Å²) in [7, 11) is 0. The first kappa shape index (κ1) is 11.3. The molecule has 1 aliphatic carbocycles. The smallest absolute Gasteiger partial charge is 0.287 e. The molecule has 0 bridgehead atoms. The maximum atomic E-state index is 11.9. The number of nitrogens with two attached hydrogens (primary N) is 1. The molecule has 94 valence electrons. The molecule has 1 aromatic heterocycles. The fourth-order valence-electron chi connectivity index (χ4n) is 2.08. The second kappa shape index (κ2) is 4.46. The molecule has 1 heterocycles. The van der Waals surface area contributed by atoms with E-state index in [2.05, 4.69) is 5.32 Å². The third kappa shape index (κ3) is 2.24. The molecule has 1 unspecified atom stereocenters. The van der Waals surface area contributed by atoms with Crippen molar-refractivity contribution in [3.8, 4) is 0 Å². The molecule has 1 fully saturated rings. The van der Waals surface area contributed by atoms with Crippen LogP contribution in [0.25, 0.3) is 11.0 Å². The normalized spacial score (nSPS) is 16.7. The number of fused-ring (bicyclic) bond motifs is 1. The molecule has 0 radical (unpaired) electrons. The highest BCUT2D eigenvalue weighted by atomic mass is 16.3. The first-order chi connectivity index (χ1) is 8.74. The molecule has 3 N–H and O–H groups in total. The highest BCUT2D eigenvalue weighted by Crippen LogP contribution is 2.31. The van der Waals surface area contributed by atoms with E-state index in [4.69, 9.17) is 10.2 Å². The van der Waals surface area contributed by atoms with Gasteiger partial charge in [0.05, 0.1) is 0 Å². The lowest BCUT2D eigenvalue weighted by Crippen LogP contribution is -2.38. The van der Waals surface area contributed by atoms with Gasteiger partial charge < -0.3 is 15.5 Å². The highest BCUT2D eigenvalue weighted by molar-refractivity contribution is 5.96. The summed E-state index contributed by atoms with van der Waals surface area (Å²) in [6, 6.07) is 9.40. The van der Waals surface area contributed by atoms with Gasteiger partial charge in [0.25, 0.3) is 5.91 Å². The fraction of sp³-hybridized carbons (Fsp3) is 0.357. The predicted octanol–water partition coefficient (Wildman–Crippen LogP) is 1.90. The molecule has 1 amide bonds. The number of rotatable bonds is 4. The fourth-order valence-corrected chi connectivity index (χ4v) is 2.08. The van der Waals surface area contributed by atoms with Crippen molar-refractivity contribution in [1.82, 2.24) is 5.32 Å². The summed E-state index contributed by atoms with van der Waals surface area (Å²) in [5.41, 5.74) is 6.67. The average Bonchev–Trinajstić information content (AvgIpc) is 3.14. The summed E-state index contributed by atoms with van der Waals surface area (Å²) >= 11 is 0. The monoisotopic (exact) mass is 244 g/mol. The van der Waals surface area contributed by atoms with E-state index in [0.29, 0.717) is 18.2 Å². The van der Waals surface area contributed by atoms with Gasteiger partial charge in [0.1, 0.15) is 5.58 Å². The summed E-state index contributed by atoms with van der Waals surface area (Å²) in [4.78, 5) is 11.9. The van der Waals surface area contributed by atoms with Crippen LogP contribution in [0, 0.1) is 5.92 Å². The number of para-hydroxylation sites is 1. The third-order valence-electron chi connectivity index (χ3n) is 3.38. The minimum atomic E-state index is -0.192. The van der Waals surface area contributed by atoms with Crippen molar-refractivity contribution < 1.29 is 9.21 Å². The van der Waals surface area contributed by atoms with E-state index >= 15 is 0 Å². The SMILES string of the molecule is NC(CNC(=O)c1cc2ccccc2o1)C1CC1. The van der Waals surface area contributed by atoms with Crippen molar-refractivity contribution in [1.29, 1.82) is 0 Å². The molecule has 1 aromatic carbocycles. The average molecular weight is 244 g/mol. The Morgan fingerprint density at radius 1 is 1.44 bits per heavy atom. The van der Waals surface area contributed by atoms with E-state index in [1.807, 2.05) is 24.3 Å². The third-order valence-corrected chi connectivity index (χ3v) is 3.38. The van der Waals surface area contributed by atoms with E-state index in [1.165, 1.54) is 12.8 Å². The van der Waals surface area contributed by atoms with E-state index < -0.39 is 0 Å². The Hall–Kier alpha value is -1.81. The molecule has 0 saturated heterocycles. The molecule has 1 atom stereocenters. The van der Waals surface area contributed by atoms with Gasteiger partial charge in [-0.15, -0.1) is 0 Å². The molecule has 4 heteroatoms. The van der Waals surface area contributed by atoms with Crippen molar-refractivity contribution in [3.63, 3.8) is 0 Å². The van der Waals surface area contributed by atoms with E-state index in [1.54, 1.807) is 6.07 Å². The minimum absolute atomic E-state index is 0.0679. The van der Waals surface area contributed by atoms with Crippen molar-refractivity contribution in [2.75, 3.05) is 6.54 Å². The highest BCUT2D eigenvalue weighted by Gasteiger charge is 2.28. The van der Waals surface area contributed by atoms with Crippen LogP contribution in [0.1, 0.15) is 23.4 Å². The van der Waals surface area contributed by atoms with Crippen molar-refractivity contribution in [2.24, 2.45) is 11.7 Å². The largest absolute Gasteiger partial charge is 0.451 e. The number of nitrogens with one attached hydrogen (secondary N) is 1. The summed E-state index contributed by atoms with van der Waals surface area (Å²) in [6.07, 6.45) is 2.36. The Morgan fingerprint density at radius 3 is 2.94 bits per heavy atom. The Kier molecular flexibility index (Phi) is 2.80. The second-order valence-electron chi connectivity index (χ2n) is 4.86. The summed E-state index contributed by atoms with van der Waals surface area (Å²) in [5.74, 6) is 0.738. The van der Waals surface area contributed by atoms with E-state index in [-0.39, 0.29) is 11.9 Å². The van der Waals surface area contributed by atoms with Gasteiger partial charge in [0.2, 0.25) is 0 Å². The Labute approximate surface area is 105 Å². The van der Waals surface area contributed by atoms with Crippen molar-refractivity contribution >= 4 is 16.9 Å². The molecular formula is C14H16N2O2. The Morgan fingerprint density at radius 2 is 2.22 bits per heavy atom. The second-order valence-corrected chi connectivity index (χ2v) is 4.86. The molecule has 0 aliphatic heterocycles. The van der Waals surface area contributed by atoms with Crippen molar-refractivity contribution in [2.45, 2.75) is 18.9 Å². The van der Waals surface area contributed by atoms with Gasteiger partial charge in [-0.25, -0.2) is 0 Å². The van der Waals surface area contributed by atoms with Gasteiger partial charge in [-0.3, -0.25) is 4.79 Å². The van der Waals surface area contributed by atoms with Gasteiger partial charge in [0, 0.05) is 18.0 Å². The van der Waals surface area contributed by atoms with E-state index in [9.17, 15) is 4.79 Å². The topological polar surface area (TPSA) is 68.3 Å². The van der Waals surface area contributed by atoms with Crippen LogP contribution >= 0.6 is 0 Å². The van der Waals surface area contributed by atoms with Crippen LogP contribution < -0.4 is 11.1 Å². The number of carbonyl (C=O) groups excluding carboxylic acids is 1. The lowest BCUT2D eigenvalue weighted by atomic mass is 10.2. The number of benzene rings is 1. The van der Waals surface area contributed by atoms with Crippen LogP contribution in [0.2, 0.25) is 0 Å². The molecule has 0 spiro atoms. The standard InChI is InChI=1S/C14H16N2O2/c15-11(9-5-6-9)8-16-14(17)13-7-10-3-1-2-4-12(10)18-13/h1-4,7,9,11H,5-6,8,15H2,(H,16,17). The van der Waals surface area contributed by atoms with Crippen LogP contribution in [0.5, 0.6) is 0 Å². The summed E-state index contributed by atoms with van der Waals surface area (Å²) in [5, 5.41) is 3.76. The van der Waals surface area contributed by atoms with Gasteiger partial charge >= 0.3 is 0 Å². The van der Waals surface area contributed by atoms with Crippen LogP contribution in [-0.2, 0) is 0 Å². The molecule has 1 saturated carbocycles. The maximum absolute atomic E-state index is 11.9. The number of hydrogen-bond donors (Lipinski definition) is 2. The van der Waals surface area contributed by atoms with E-state index in [0.717, 1.165) is 11.0 Å². The van der Waals surface area contributed by atoms with Gasteiger partial charge in [-0.2, -0.15) is 0 Å². The molecule has 18 heavy (non-hydrogen) atoms. The van der Waals surface area contributed by atoms with Gasteiger partial charge in [-0.05, 0) is 30.9 Å². The lowest BCUT2D eigenvalue weighted by Gasteiger charge is -2.10. The zero-order valence-electron chi connectivity index (χ0n) is 10.1. The van der Waals surface area contributed by atoms with Gasteiger partial charge in [0.15, 0.2) is 5.76 Å². The van der Waals surface area contributed by atoms with Crippen LogP contribution in [0.4, 0.5) is 0 Å². The Bertz CT molecular complexity index is 539. The molecule has 1 aliphatic rings. The molecular weight excluding hydrogens is 228 g/mol. The van der Waals surface area contributed by atoms with Crippen LogP contribution in [0.15, 0.2) is 34.7 Å². The zero-order valence-corrected chi connectivity index (χ0v) is 10.1. The maximum Gasteiger partial charge on any atom is 0.287 e. The van der Waals surface area contributed by atoms with Crippen LogP contribution in [-0.4, -0.2) is 18.5 Å². The molecule has 2 aromatic rings. The molecule has 4 nitrogen and oxygen atoms in total. The zero-order chi connectivity index (χ0) is 12.5. The Balaban J connectivity index is 1.67. The lowest BCUT2D eigenvalue weighted by molar-refractivity contribution is 0.0925. The number of carbonyl (C=O) groups is 1. The molecule has 3 rings (SSSR count). The van der Waals surface area contributed by atoms with Crippen molar-refractivity contribution in [3.05, 3.63) is 36.1 Å². The first-order valence-corrected chi connectivity index (χ1v) is 6.26. The first-order valence-electron chi connectivity index (χ1n) is 6.26. The number of amides is 1. The van der Waals surface area contributed by atoms with Crippen LogP contribution in [0.3, 0.4) is 0 Å².